The number of rotatable bonds is 8. The third-order valence-electron chi connectivity index (χ3n) is 4.62. The molecule has 4 rings (SSSR count). The first kappa shape index (κ1) is 20.3. The molecule has 0 atom stereocenters. The molecule has 0 fully saturated rings. The van der Waals surface area contributed by atoms with Gasteiger partial charge in [0.15, 0.2) is 0 Å². The molecular weight excluding hydrogens is 392 g/mol. The van der Waals surface area contributed by atoms with Gasteiger partial charge in [0.1, 0.15) is 5.75 Å². The zero-order valence-electron chi connectivity index (χ0n) is 17.1. The SMILES string of the molecule is CCOc1ccc(CC(=O)Nc2ccccc2Cc2nc(-c3cccnc3)no2)cc1. The molecule has 0 saturated heterocycles. The molecule has 0 bridgehead atoms. The molecule has 2 aromatic heterocycles. The standard InChI is InChI=1S/C24H22N4O3/c1-2-30-20-11-9-17(10-12-20)14-22(29)26-21-8-4-3-6-18(21)15-23-27-24(28-31-23)19-7-5-13-25-16-19/h3-13,16H,2,14-15H2,1H3,(H,26,29). The fraction of sp³-hybridized carbons (Fsp3) is 0.167. The van der Waals surface area contributed by atoms with Crippen LogP contribution in [0.25, 0.3) is 11.4 Å². The van der Waals surface area contributed by atoms with Crippen LogP contribution in [0.4, 0.5) is 5.69 Å². The Morgan fingerprint density at radius 1 is 1.06 bits per heavy atom. The summed E-state index contributed by atoms with van der Waals surface area (Å²) in [4.78, 5) is 21.1. The van der Waals surface area contributed by atoms with Crippen molar-refractivity contribution in [3.05, 3.63) is 90.1 Å². The summed E-state index contributed by atoms with van der Waals surface area (Å²) in [5, 5.41) is 7.01. The average Bonchev–Trinajstić information content (AvgIpc) is 3.26. The highest BCUT2D eigenvalue weighted by atomic mass is 16.5. The fourth-order valence-electron chi connectivity index (χ4n) is 3.15. The van der Waals surface area contributed by atoms with Crippen LogP contribution in [0.15, 0.2) is 77.6 Å². The molecule has 0 aliphatic heterocycles. The molecule has 0 radical (unpaired) electrons. The zero-order chi connectivity index (χ0) is 21.5. The number of hydrogen-bond acceptors (Lipinski definition) is 6. The topological polar surface area (TPSA) is 90.1 Å². The molecular formula is C24H22N4O3. The normalized spacial score (nSPS) is 10.6. The Morgan fingerprint density at radius 3 is 2.68 bits per heavy atom. The van der Waals surface area contributed by atoms with Crippen molar-refractivity contribution in [3.8, 4) is 17.1 Å². The second-order valence-corrected chi connectivity index (χ2v) is 6.89. The van der Waals surface area contributed by atoms with E-state index in [9.17, 15) is 4.79 Å². The first-order valence-electron chi connectivity index (χ1n) is 10.0. The van der Waals surface area contributed by atoms with Crippen molar-refractivity contribution < 1.29 is 14.1 Å². The maximum Gasteiger partial charge on any atom is 0.231 e. The number of hydrogen-bond donors (Lipinski definition) is 1. The average molecular weight is 414 g/mol. The summed E-state index contributed by atoms with van der Waals surface area (Å²) in [7, 11) is 0. The third kappa shape index (κ3) is 5.33. The minimum atomic E-state index is -0.0989. The molecule has 0 spiro atoms. The van der Waals surface area contributed by atoms with Crippen LogP contribution in [0.1, 0.15) is 23.9 Å². The Hall–Kier alpha value is -4.00. The molecule has 0 aliphatic carbocycles. The zero-order valence-corrected chi connectivity index (χ0v) is 17.1. The van der Waals surface area contributed by atoms with Crippen molar-refractivity contribution in [2.24, 2.45) is 0 Å². The van der Waals surface area contributed by atoms with Crippen molar-refractivity contribution in [3.63, 3.8) is 0 Å². The lowest BCUT2D eigenvalue weighted by Gasteiger charge is -2.10. The number of carbonyl (C=O) groups is 1. The van der Waals surface area contributed by atoms with E-state index >= 15 is 0 Å². The van der Waals surface area contributed by atoms with Crippen LogP contribution in [-0.4, -0.2) is 27.6 Å². The van der Waals surface area contributed by atoms with E-state index in [0.29, 0.717) is 24.7 Å². The van der Waals surface area contributed by atoms with Gasteiger partial charge in [-0.2, -0.15) is 4.98 Å². The van der Waals surface area contributed by atoms with Gasteiger partial charge in [-0.1, -0.05) is 35.5 Å². The van der Waals surface area contributed by atoms with Gasteiger partial charge >= 0.3 is 0 Å². The molecule has 1 N–H and O–H groups in total. The number of para-hydroxylation sites is 1. The van der Waals surface area contributed by atoms with E-state index in [1.807, 2.05) is 67.6 Å². The van der Waals surface area contributed by atoms with Crippen molar-refractivity contribution in [2.75, 3.05) is 11.9 Å². The van der Waals surface area contributed by atoms with Gasteiger partial charge in [0.25, 0.3) is 0 Å². The molecule has 0 saturated carbocycles. The summed E-state index contributed by atoms with van der Waals surface area (Å²) in [6, 6.07) is 18.8. The summed E-state index contributed by atoms with van der Waals surface area (Å²) < 4.78 is 10.8. The molecule has 2 heterocycles. The number of nitrogens with zero attached hydrogens (tertiary/aromatic N) is 3. The lowest BCUT2D eigenvalue weighted by atomic mass is 10.1. The second-order valence-electron chi connectivity index (χ2n) is 6.89. The molecule has 2 aromatic carbocycles. The Labute approximate surface area is 180 Å². The summed E-state index contributed by atoms with van der Waals surface area (Å²) in [6.45, 7) is 2.55. The Balaban J connectivity index is 1.42. The van der Waals surface area contributed by atoms with E-state index < -0.39 is 0 Å². The van der Waals surface area contributed by atoms with Crippen LogP contribution in [0, 0.1) is 0 Å². The quantitative estimate of drug-likeness (QED) is 0.462. The largest absolute Gasteiger partial charge is 0.494 e. The van der Waals surface area contributed by atoms with Gasteiger partial charge in [0.2, 0.25) is 17.6 Å². The Bertz CT molecular complexity index is 1140. The number of pyridine rings is 1. The van der Waals surface area contributed by atoms with Gasteiger partial charge in [-0.05, 0) is 48.4 Å². The Morgan fingerprint density at radius 2 is 1.90 bits per heavy atom. The van der Waals surface area contributed by atoms with Gasteiger partial charge in [-0.25, -0.2) is 0 Å². The maximum atomic E-state index is 12.6. The summed E-state index contributed by atoms with van der Waals surface area (Å²) >= 11 is 0. The van der Waals surface area contributed by atoms with Crippen LogP contribution < -0.4 is 10.1 Å². The number of anilines is 1. The van der Waals surface area contributed by atoms with E-state index in [4.69, 9.17) is 9.26 Å². The number of benzene rings is 2. The molecule has 0 unspecified atom stereocenters. The molecule has 4 aromatic rings. The number of amides is 1. The summed E-state index contributed by atoms with van der Waals surface area (Å²) in [5.41, 5.74) is 3.31. The Kier molecular flexibility index (Phi) is 6.32. The maximum absolute atomic E-state index is 12.6. The summed E-state index contributed by atoms with van der Waals surface area (Å²) in [6.07, 6.45) is 4.06. The molecule has 1 amide bonds. The first-order chi connectivity index (χ1) is 15.2. The van der Waals surface area contributed by atoms with Crippen molar-refractivity contribution in [2.45, 2.75) is 19.8 Å². The van der Waals surface area contributed by atoms with E-state index in [0.717, 1.165) is 28.1 Å². The lowest BCUT2D eigenvalue weighted by molar-refractivity contribution is -0.115. The fourth-order valence-corrected chi connectivity index (χ4v) is 3.15. The van der Waals surface area contributed by atoms with Gasteiger partial charge in [-0.3, -0.25) is 9.78 Å². The second kappa shape index (κ2) is 9.67. The predicted molar refractivity (Wildman–Crippen MR) is 117 cm³/mol. The van der Waals surface area contributed by atoms with Gasteiger partial charge in [0, 0.05) is 23.6 Å². The molecule has 0 aliphatic rings. The van der Waals surface area contributed by atoms with Crippen molar-refractivity contribution in [1.82, 2.24) is 15.1 Å². The van der Waals surface area contributed by atoms with Crippen LogP contribution in [-0.2, 0) is 17.6 Å². The van der Waals surface area contributed by atoms with Crippen LogP contribution in [0.2, 0.25) is 0 Å². The van der Waals surface area contributed by atoms with Gasteiger partial charge in [0.05, 0.1) is 19.4 Å². The molecule has 7 heteroatoms. The van der Waals surface area contributed by atoms with Crippen molar-refractivity contribution >= 4 is 11.6 Å². The highest BCUT2D eigenvalue weighted by Gasteiger charge is 2.13. The highest BCUT2D eigenvalue weighted by Crippen LogP contribution is 2.21. The van der Waals surface area contributed by atoms with Crippen LogP contribution in [0.3, 0.4) is 0 Å². The van der Waals surface area contributed by atoms with E-state index in [2.05, 4.69) is 20.4 Å². The summed E-state index contributed by atoms with van der Waals surface area (Å²) in [5.74, 6) is 1.65. The van der Waals surface area contributed by atoms with Crippen LogP contribution >= 0.6 is 0 Å². The van der Waals surface area contributed by atoms with E-state index in [-0.39, 0.29) is 12.3 Å². The van der Waals surface area contributed by atoms with E-state index in [1.165, 1.54) is 0 Å². The van der Waals surface area contributed by atoms with E-state index in [1.54, 1.807) is 12.4 Å². The number of aromatic nitrogens is 3. The van der Waals surface area contributed by atoms with Gasteiger partial charge in [-0.15, -0.1) is 0 Å². The minimum Gasteiger partial charge on any atom is -0.494 e. The molecule has 156 valence electrons. The molecule has 7 nitrogen and oxygen atoms in total. The number of ether oxygens (including phenoxy) is 1. The van der Waals surface area contributed by atoms with Crippen LogP contribution in [0.5, 0.6) is 5.75 Å². The third-order valence-corrected chi connectivity index (χ3v) is 4.62. The monoisotopic (exact) mass is 414 g/mol. The number of carbonyl (C=O) groups excluding carboxylic acids is 1. The first-order valence-corrected chi connectivity index (χ1v) is 10.0. The lowest BCUT2D eigenvalue weighted by Crippen LogP contribution is -2.15. The van der Waals surface area contributed by atoms with Gasteiger partial charge < -0.3 is 14.6 Å². The van der Waals surface area contributed by atoms with Crippen molar-refractivity contribution in [1.29, 1.82) is 0 Å². The molecule has 31 heavy (non-hydrogen) atoms. The minimum absolute atomic E-state index is 0.0989. The number of nitrogens with one attached hydrogen (secondary N) is 1. The smallest absolute Gasteiger partial charge is 0.231 e. The predicted octanol–water partition coefficient (Wildman–Crippen LogP) is 4.30. The highest BCUT2D eigenvalue weighted by molar-refractivity contribution is 5.93.